The van der Waals surface area contributed by atoms with Gasteiger partial charge in [-0.2, -0.15) is 0 Å². The van der Waals surface area contributed by atoms with Crippen LogP contribution in [0.25, 0.3) is 0 Å². The molecule has 0 spiro atoms. The molecule has 1 aromatic carbocycles. The molecular weight excluding hydrogens is 196 g/mol. The van der Waals surface area contributed by atoms with Crippen LogP contribution in [0.4, 0.5) is 0 Å². The Morgan fingerprint density at radius 1 is 1.25 bits per heavy atom. The molecule has 1 aliphatic heterocycles. The summed E-state index contributed by atoms with van der Waals surface area (Å²) in [6.45, 7) is 2.13. The van der Waals surface area contributed by atoms with Gasteiger partial charge in [-0.3, -0.25) is 0 Å². The molecule has 2 heterocycles. The van der Waals surface area contributed by atoms with Crippen molar-refractivity contribution in [3.05, 3.63) is 53.6 Å². The fraction of sp³-hybridized carbons (Fsp3) is 0.357. The van der Waals surface area contributed by atoms with Crippen LogP contribution in [0.1, 0.15) is 35.7 Å². The van der Waals surface area contributed by atoms with Crippen LogP contribution in [-0.2, 0) is 6.42 Å². The van der Waals surface area contributed by atoms with Crippen LogP contribution in [0.15, 0.2) is 36.8 Å². The Hall–Kier alpha value is -1.57. The van der Waals surface area contributed by atoms with Crippen molar-refractivity contribution in [2.45, 2.75) is 32.2 Å². The van der Waals surface area contributed by atoms with Gasteiger partial charge in [0.2, 0.25) is 0 Å². The van der Waals surface area contributed by atoms with Gasteiger partial charge < -0.3 is 4.57 Å². The fourth-order valence-electron chi connectivity index (χ4n) is 2.54. The van der Waals surface area contributed by atoms with E-state index in [0.29, 0.717) is 6.04 Å². The molecule has 1 aliphatic rings. The molecule has 16 heavy (non-hydrogen) atoms. The second kappa shape index (κ2) is 3.78. The van der Waals surface area contributed by atoms with E-state index in [0.717, 1.165) is 0 Å². The van der Waals surface area contributed by atoms with Gasteiger partial charge in [-0.05, 0) is 31.7 Å². The third-order valence-corrected chi connectivity index (χ3v) is 3.45. The number of imidazole rings is 1. The van der Waals surface area contributed by atoms with Crippen molar-refractivity contribution in [1.29, 1.82) is 0 Å². The molecule has 0 saturated carbocycles. The van der Waals surface area contributed by atoms with Crippen LogP contribution >= 0.6 is 0 Å². The molecule has 3 rings (SSSR count). The Balaban J connectivity index is 2.00. The van der Waals surface area contributed by atoms with Crippen LogP contribution in [0.3, 0.4) is 0 Å². The Morgan fingerprint density at radius 2 is 2.06 bits per heavy atom. The van der Waals surface area contributed by atoms with Crippen molar-refractivity contribution in [2.24, 2.45) is 0 Å². The Kier molecular flexibility index (Phi) is 2.28. The maximum Gasteiger partial charge on any atom is 0.0953 e. The minimum Gasteiger partial charge on any atom is -0.327 e. The van der Waals surface area contributed by atoms with Crippen LogP contribution in [0.2, 0.25) is 0 Å². The maximum atomic E-state index is 4.26. The zero-order chi connectivity index (χ0) is 11.0. The molecule has 0 fully saturated rings. The van der Waals surface area contributed by atoms with Gasteiger partial charge in [-0.25, -0.2) is 4.98 Å². The Morgan fingerprint density at radius 3 is 2.88 bits per heavy atom. The molecule has 0 aliphatic carbocycles. The fourth-order valence-corrected chi connectivity index (χ4v) is 2.54. The topological polar surface area (TPSA) is 17.8 Å². The molecule has 2 aromatic rings. The average molecular weight is 212 g/mol. The number of nitrogens with zero attached hydrogens (tertiary/aromatic N) is 2. The van der Waals surface area contributed by atoms with E-state index in [1.165, 1.54) is 36.1 Å². The van der Waals surface area contributed by atoms with Gasteiger partial charge >= 0.3 is 0 Å². The molecular formula is C14H16N2. The molecule has 82 valence electrons. The minimum atomic E-state index is 0.492. The van der Waals surface area contributed by atoms with Gasteiger partial charge in [0.1, 0.15) is 0 Å². The van der Waals surface area contributed by atoms with Crippen molar-refractivity contribution in [2.75, 3.05) is 0 Å². The summed E-state index contributed by atoms with van der Waals surface area (Å²) in [4.78, 5) is 4.26. The normalized spacial score (nSPS) is 19.4. The largest absolute Gasteiger partial charge is 0.327 e. The number of hydrogen-bond acceptors (Lipinski definition) is 1. The van der Waals surface area contributed by atoms with E-state index < -0.39 is 0 Å². The lowest BCUT2D eigenvalue weighted by Gasteiger charge is -2.25. The lowest BCUT2D eigenvalue weighted by atomic mass is 9.96. The predicted octanol–water partition coefficient (Wildman–Crippen LogP) is 3.12. The van der Waals surface area contributed by atoms with Crippen molar-refractivity contribution < 1.29 is 0 Å². The third kappa shape index (κ3) is 1.54. The van der Waals surface area contributed by atoms with E-state index >= 15 is 0 Å². The van der Waals surface area contributed by atoms with Gasteiger partial charge in [-0.15, -0.1) is 0 Å². The van der Waals surface area contributed by atoms with Gasteiger partial charge in [0.15, 0.2) is 0 Å². The zero-order valence-electron chi connectivity index (χ0n) is 9.56. The molecule has 1 atom stereocenters. The molecule has 0 amide bonds. The summed E-state index contributed by atoms with van der Waals surface area (Å²) >= 11 is 0. The molecule has 0 saturated heterocycles. The van der Waals surface area contributed by atoms with Crippen molar-refractivity contribution in [3.63, 3.8) is 0 Å². The lowest BCUT2D eigenvalue weighted by molar-refractivity contribution is 0.458. The highest BCUT2D eigenvalue weighted by molar-refractivity contribution is 5.26. The standard InChI is InChI=1S/C14H16N2/c1-11-5-7-12(8-6-11)14-4-2-3-13-9-15-10-16(13)14/h5-10,14H,2-4H2,1H3. The number of benzene rings is 1. The maximum absolute atomic E-state index is 4.26. The average Bonchev–Trinajstić information content (AvgIpc) is 2.78. The first-order valence-corrected chi connectivity index (χ1v) is 5.92. The smallest absolute Gasteiger partial charge is 0.0953 e. The lowest BCUT2D eigenvalue weighted by Crippen LogP contribution is -2.17. The molecule has 2 heteroatoms. The summed E-state index contributed by atoms with van der Waals surface area (Å²) in [6, 6.07) is 9.37. The van der Waals surface area contributed by atoms with Gasteiger partial charge in [-0.1, -0.05) is 29.8 Å². The van der Waals surface area contributed by atoms with E-state index in [9.17, 15) is 0 Å². The molecule has 0 bridgehead atoms. The summed E-state index contributed by atoms with van der Waals surface area (Å²) in [5, 5.41) is 0. The summed E-state index contributed by atoms with van der Waals surface area (Å²) in [6.07, 6.45) is 7.64. The Bertz CT molecular complexity index is 482. The summed E-state index contributed by atoms with van der Waals surface area (Å²) in [7, 11) is 0. The van der Waals surface area contributed by atoms with E-state index in [-0.39, 0.29) is 0 Å². The number of hydrogen-bond donors (Lipinski definition) is 0. The number of fused-ring (bicyclic) bond motifs is 1. The zero-order valence-corrected chi connectivity index (χ0v) is 9.56. The SMILES string of the molecule is Cc1ccc(C2CCCc3cncn32)cc1. The first-order valence-electron chi connectivity index (χ1n) is 5.92. The van der Waals surface area contributed by atoms with Gasteiger partial charge in [0.25, 0.3) is 0 Å². The van der Waals surface area contributed by atoms with E-state index in [2.05, 4.69) is 40.7 Å². The Labute approximate surface area is 95.9 Å². The molecule has 1 aromatic heterocycles. The molecule has 1 unspecified atom stereocenters. The predicted molar refractivity (Wildman–Crippen MR) is 64.5 cm³/mol. The van der Waals surface area contributed by atoms with Gasteiger partial charge in [0, 0.05) is 11.9 Å². The van der Waals surface area contributed by atoms with Crippen LogP contribution in [0.5, 0.6) is 0 Å². The second-order valence-electron chi connectivity index (χ2n) is 4.61. The number of aryl methyl sites for hydroxylation is 2. The van der Waals surface area contributed by atoms with Crippen molar-refractivity contribution >= 4 is 0 Å². The summed E-state index contributed by atoms with van der Waals surface area (Å²) < 4.78 is 2.33. The highest BCUT2D eigenvalue weighted by Crippen LogP contribution is 2.30. The molecule has 0 radical (unpaired) electrons. The molecule has 0 N–H and O–H groups in total. The highest BCUT2D eigenvalue weighted by atomic mass is 15.1. The number of aromatic nitrogens is 2. The minimum absolute atomic E-state index is 0.492. The third-order valence-electron chi connectivity index (χ3n) is 3.45. The van der Waals surface area contributed by atoms with Gasteiger partial charge in [0.05, 0.1) is 12.4 Å². The van der Waals surface area contributed by atoms with Crippen LogP contribution < -0.4 is 0 Å². The second-order valence-corrected chi connectivity index (χ2v) is 4.61. The highest BCUT2D eigenvalue weighted by Gasteiger charge is 2.20. The van der Waals surface area contributed by atoms with Crippen LogP contribution in [-0.4, -0.2) is 9.55 Å². The molecule has 2 nitrogen and oxygen atoms in total. The van der Waals surface area contributed by atoms with Crippen molar-refractivity contribution in [1.82, 2.24) is 9.55 Å². The first-order chi connectivity index (χ1) is 7.84. The number of rotatable bonds is 1. The first kappa shape index (κ1) is 9.64. The van der Waals surface area contributed by atoms with Crippen LogP contribution in [0, 0.1) is 6.92 Å². The van der Waals surface area contributed by atoms with E-state index in [1.54, 1.807) is 0 Å². The van der Waals surface area contributed by atoms with E-state index in [4.69, 9.17) is 0 Å². The summed E-state index contributed by atoms with van der Waals surface area (Å²) in [5.74, 6) is 0. The monoisotopic (exact) mass is 212 g/mol. The van der Waals surface area contributed by atoms with Crippen molar-refractivity contribution in [3.8, 4) is 0 Å². The van der Waals surface area contributed by atoms with E-state index in [1.807, 2.05) is 12.5 Å². The quantitative estimate of drug-likeness (QED) is 0.710. The summed E-state index contributed by atoms with van der Waals surface area (Å²) in [5.41, 5.74) is 4.10.